The Kier molecular flexibility index (Phi) is 4.00. The SMILES string of the molecule is CN(c1ncnc2[nH]ccc12)C1CC(CSCC2(C)CCC2)C1. The lowest BCUT2D eigenvalue weighted by molar-refractivity contribution is 0.197. The van der Waals surface area contributed by atoms with E-state index in [9.17, 15) is 0 Å². The van der Waals surface area contributed by atoms with Crippen molar-refractivity contribution in [2.24, 2.45) is 11.3 Å². The average molecular weight is 331 g/mol. The first-order valence-corrected chi connectivity index (χ1v) is 9.89. The van der Waals surface area contributed by atoms with E-state index in [2.05, 4.69) is 51.7 Å². The van der Waals surface area contributed by atoms with Crippen LogP contribution in [-0.4, -0.2) is 39.5 Å². The summed E-state index contributed by atoms with van der Waals surface area (Å²) >= 11 is 2.18. The Bertz CT molecular complexity index is 672. The molecular formula is C18H26N4S. The van der Waals surface area contributed by atoms with Gasteiger partial charge in [-0.15, -0.1) is 0 Å². The minimum atomic E-state index is 0.632. The van der Waals surface area contributed by atoms with Crippen LogP contribution in [0.15, 0.2) is 18.6 Å². The first-order chi connectivity index (χ1) is 11.1. The molecule has 124 valence electrons. The number of thioether (sulfide) groups is 1. The van der Waals surface area contributed by atoms with Crippen LogP contribution in [0.4, 0.5) is 5.82 Å². The molecule has 5 heteroatoms. The van der Waals surface area contributed by atoms with Crippen molar-refractivity contribution in [1.29, 1.82) is 0 Å². The number of hydrogen-bond acceptors (Lipinski definition) is 4. The van der Waals surface area contributed by atoms with Gasteiger partial charge in [0, 0.05) is 19.3 Å². The van der Waals surface area contributed by atoms with Crippen molar-refractivity contribution in [2.45, 2.75) is 45.1 Å². The Balaban J connectivity index is 1.28. The molecule has 0 unspecified atom stereocenters. The van der Waals surface area contributed by atoms with Gasteiger partial charge in [0.15, 0.2) is 0 Å². The maximum atomic E-state index is 4.51. The van der Waals surface area contributed by atoms with Gasteiger partial charge in [0.25, 0.3) is 0 Å². The fourth-order valence-corrected chi connectivity index (χ4v) is 5.37. The highest BCUT2D eigenvalue weighted by molar-refractivity contribution is 7.99. The Labute approximate surface area is 142 Å². The number of nitrogens with zero attached hydrogens (tertiary/aromatic N) is 3. The number of nitrogens with one attached hydrogen (secondary N) is 1. The van der Waals surface area contributed by atoms with Crippen molar-refractivity contribution in [3.8, 4) is 0 Å². The highest BCUT2D eigenvalue weighted by Crippen LogP contribution is 2.44. The second kappa shape index (κ2) is 6.00. The van der Waals surface area contributed by atoms with Gasteiger partial charge in [-0.2, -0.15) is 11.8 Å². The van der Waals surface area contributed by atoms with Gasteiger partial charge < -0.3 is 9.88 Å². The van der Waals surface area contributed by atoms with Crippen LogP contribution in [-0.2, 0) is 0 Å². The average Bonchev–Trinajstić information content (AvgIpc) is 2.95. The summed E-state index contributed by atoms with van der Waals surface area (Å²) in [4.78, 5) is 14.3. The minimum absolute atomic E-state index is 0.632. The zero-order valence-electron chi connectivity index (χ0n) is 14.1. The lowest BCUT2D eigenvalue weighted by Crippen LogP contribution is -2.44. The predicted octanol–water partition coefficient (Wildman–Crippen LogP) is 4.10. The fraction of sp³-hybridized carbons (Fsp3) is 0.667. The minimum Gasteiger partial charge on any atom is -0.356 e. The predicted molar refractivity (Wildman–Crippen MR) is 98.1 cm³/mol. The normalized spacial score (nSPS) is 25.8. The molecule has 2 aromatic rings. The molecule has 0 saturated heterocycles. The summed E-state index contributed by atoms with van der Waals surface area (Å²) < 4.78 is 0. The molecule has 1 N–H and O–H groups in total. The number of fused-ring (bicyclic) bond motifs is 1. The van der Waals surface area contributed by atoms with Crippen molar-refractivity contribution in [1.82, 2.24) is 15.0 Å². The summed E-state index contributed by atoms with van der Waals surface area (Å²) in [6.45, 7) is 2.46. The maximum absolute atomic E-state index is 4.51. The number of H-pyrrole nitrogens is 1. The van der Waals surface area contributed by atoms with Gasteiger partial charge in [-0.05, 0) is 54.6 Å². The topological polar surface area (TPSA) is 44.8 Å². The smallest absolute Gasteiger partial charge is 0.142 e. The third kappa shape index (κ3) is 2.95. The molecule has 2 saturated carbocycles. The molecule has 0 spiro atoms. The number of aromatic nitrogens is 3. The van der Waals surface area contributed by atoms with Crippen molar-refractivity contribution in [3.63, 3.8) is 0 Å². The number of hydrogen-bond donors (Lipinski definition) is 1. The van der Waals surface area contributed by atoms with Gasteiger partial charge in [-0.25, -0.2) is 9.97 Å². The molecule has 2 heterocycles. The first-order valence-electron chi connectivity index (χ1n) is 8.73. The van der Waals surface area contributed by atoms with E-state index in [1.165, 1.54) is 43.6 Å². The molecule has 0 aliphatic heterocycles. The Hall–Kier alpha value is -1.23. The number of anilines is 1. The van der Waals surface area contributed by atoms with Gasteiger partial charge in [0.1, 0.15) is 17.8 Å². The summed E-state index contributed by atoms with van der Waals surface area (Å²) in [6.07, 6.45) is 10.5. The van der Waals surface area contributed by atoms with E-state index in [0.29, 0.717) is 11.5 Å². The Morgan fingerprint density at radius 3 is 2.91 bits per heavy atom. The van der Waals surface area contributed by atoms with Crippen LogP contribution in [0.2, 0.25) is 0 Å². The molecule has 23 heavy (non-hydrogen) atoms. The van der Waals surface area contributed by atoms with E-state index >= 15 is 0 Å². The molecule has 4 rings (SSSR count). The largest absolute Gasteiger partial charge is 0.356 e. The van der Waals surface area contributed by atoms with Crippen LogP contribution < -0.4 is 4.90 Å². The van der Waals surface area contributed by atoms with E-state index in [1.54, 1.807) is 6.33 Å². The molecule has 0 radical (unpaired) electrons. The highest BCUT2D eigenvalue weighted by atomic mass is 32.2. The lowest BCUT2D eigenvalue weighted by Gasteiger charge is -2.43. The van der Waals surface area contributed by atoms with Crippen molar-refractivity contribution in [2.75, 3.05) is 23.5 Å². The third-order valence-corrected chi connectivity index (χ3v) is 7.40. The molecule has 0 aromatic carbocycles. The zero-order valence-corrected chi connectivity index (χ0v) is 14.9. The van der Waals surface area contributed by atoms with Gasteiger partial charge in [-0.3, -0.25) is 0 Å². The van der Waals surface area contributed by atoms with E-state index in [0.717, 1.165) is 22.8 Å². The number of rotatable bonds is 6. The Morgan fingerprint density at radius 1 is 1.35 bits per heavy atom. The molecule has 2 aromatic heterocycles. The summed E-state index contributed by atoms with van der Waals surface area (Å²) in [6, 6.07) is 2.71. The zero-order chi connectivity index (χ0) is 15.9. The van der Waals surface area contributed by atoms with E-state index in [1.807, 2.05) is 6.20 Å². The quantitative estimate of drug-likeness (QED) is 0.866. The molecular weight excluding hydrogens is 304 g/mol. The lowest BCUT2D eigenvalue weighted by atomic mass is 9.72. The van der Waals surface area contributed by atoms with Crippen molar-refractivity contribution in [3.05, 3.63) is 18.6 Å². The first kappa shape index (κ1) is 15.3. The van der Waals surface area contributed by atoms with Gasteiger partial charge in [0.2, 0.25) is 0 Å². The van der Waals surface area contributed by atoms with Crippen molar-refractivity contribution < 1.29 is 0 Å². The van der Waals surface area contributed by atoms with Crippen molar-refractivity contribution >= 4 is 28.6 Å². The van der Waals surface area contributed by atoms with Crippen LogP contribution in [0.1, 0.15) is 39.0 Å². The van der Waals surface area contributed by atoms with E-state index < -0.39 is 0 Å². The van der Waals surface area contributed by atoms with Gasteiger partial charge in [-0.1, -0.05) is 13.3 Å². The monoisotopic (exact) mass is 330 g/mol. The molecule has 0 amide bonds. The second-order valence-corrected chi connectivity index (χ2v) is 8.75. The van der Waals surface area contributed by atoms with Crippen LogP contribution in [0.5, 0.6) is 0 Å². The number of aromatic amines is 1. The van der Waals surface area contributed by atoms with Crippen LogP contribution in [0.3, 0.4) is 0 Å². The summed E-state index contributed by atoms with van der Waals surface area (Å²) in [5.41, 5.74) is 1.59. The maximum Gasteiger partial charge on any atom is 0.142 e. The van der Waals surface area contributed by atoms with Crippen LogP contribution in [0.25, 0.3) is 11.0 Å². The molecule has 2 aliphatic carbocycles. The van der Waals surface area contributed by atoms with E-state index in [4.69, 9.17) is 0 Å². The highest BCUT2D eigenvalue weighted by Gasteiger charge is 2.35. The molecule has 0 atom stereocenters. The van der Waals surface area contributed by atoms with Crippen LogP contribution in [0, 0.1) is 11.3 Å². The Morgan fingerprint density at radius 2 is 2.17 bits per heavy atom. The molecule has 4 nitrogen and oxygen atoms in total. The third-order valence-electron chi connectivity index (χ3n) is 5.79. The molecule has 2 fully saturated rings. The van der Waals surface area contributed by atoms with E-state index in [-0.39, 0.29) is 0 Å². The molecule has 2 aliphatic rings. The van der Waals surface area contributed by atoms with Gasteiger partial charge >= 0.3 is 0 Å². The summed E-state index contributed by atoms with van der Waals surface area (Å²) in [7, 11) is 2.18. The van der Waals surface area contributed by atoms with Gasteiger partial charge in [0.05, 0.1) is 5.39 Å². The molecule has 0 bridgehead atoms. The summed E-state index contributed by atoms with van der Waals surface area (Å²) in [5, 5.41) is 1.13. The summed E-state index contributed by atoms with van der Waals surface area (Å²) in [5.74, 6) is 4.65. The fourth-order valence-electron chi connectivity index (χ4n) is 3.86. The van der Waals surface area contributed by atoms with Crippen LogP contribution >= 0.6 is 11.8 Å². The second-order valence-electron chi connectivity index (χ2n) is 7.72. The standard InChI is InChI=1S/C18H26N4S/c1-18(5-3-6-18)11-23-10-13-8-14(9-13)22(2)17-15-4-7-19-16(15)20-12-21-17/h4,7,12-14H,3,5-6,8-11H2,1-2H3,(H,19,20,21).